The van der Waals surface area contributed by atoms with Gasteiger partial charge in [0.1, 0.15) is 5.78 Å². The highest BCUT2D eigenvalue weighted by Crippen LogP contribution is 2.29. The van der Waals surface area contributed by atoms with Crippen molar-refractivity contribution in [1.29, 1.82) is 0 Å². The van der Waals surface area contributed by atoms with E-state index in [1.807, 2.05) is 0 Å². The first-order chi connectivity index (χ1) is 8.58. The molecule has 18 heavy (non-hydrogen) atoms. The summed E-state index contributed by atoms with van der Waals surface area (Å²) in [6.45, 7) is 5.81. The van der Waals surface area contributed by atoms with Gasteiger partial charge in [-0.15, -0.1) is 0 Å². The van der Waals surface area contributed by atoms with Gasteiger partial charge in [-0.1, -0.05) is 38.2 Å². The van der Waals surface area contributed by atoms with Crippen LogP contribution in [0.25, 0.3) is 0 Å². The van der Waals surface area contributed by atoms with E-state index in [-0.39, 0.29) is 11.8 Å². The van der Waals surface area contributed by atoms with Crippen LogP contribution in [0.4, 0.5) is 0 Å². The van der Waals surface area contributed by atoms with Crippen LogP contribution >= 0.6 is 0 Å². The molecular weight excluding hydrogens is 224 g/mol. The zero-order valence-corrected chi connectivity index (χ0v) is 11.3. The maximum atomic E-state index is 11.7. The van der Waals surface area contributed by atoms with E-state index in [0.29, 0.717) is 18.0 Å². The van der Waals surface area contributed by atoms with Crippen LogP contribution in [0.5, 0.6) is 0 Å². The van der Waals surface area contributed by atoms with Gasteiger partial charge in [-0.2, -0.15) is 0 Å². The Kier molecular flexibility index (Phi) is 4.02. The molecule has 0 saturated carbocycles. The summed E-state index contributed by atoms with van der Waals surface area (Å²) in [6.07, 6.45) is 11.4. The molecule has 0 bridgehead atoms. The van der Waals surface area contributed by atoms with E-state index in [1.165, 1.54) is 5.57 Å². The number of rotatable bonds is 5. The lowest BCUT2D eigenvalue weighted by Crippen LogP contribution is -2.40. The molecular formula is C15H22N2O. The highest BCUT2D eigenvalue weighted by atomic mass is 16.1. The number of fused-ring (bicyclic) bond motifs is 1. The largest absolute Gasteiger partial charge is 0.384 e. The zero-order valence-electron chi connectivity index (χ0n) is 11.3. The second-order valence-corrected chi connectivity index (χ2v) is 5.40. The van der Waals surface area contributed by atoms with Crippen LogP contribution in [0.2, 0.25) is 0 Å². The van der Waals surface area contributed by atoms with Gasteiger partial charge in [0.25, 0.3) is 0 Å². The molecule has 2 aliphatic rings. The van der Waals surface area contributed by atoms with Crippen molar-refractivity contribution in [2.45, 2.75) is 45.3 Å². The molecule has 0 amide bonds. The molecule has 3 heteroatoms. The zero-order chi connectivity index (χ0) is 13.1. The van der Waals surface area contributed by atoms with Gasteiger partial charge in [0.15, 0.2) is 0 Å². The first-order valence-electron chi connectivity index (χ1n) is 6.64. The van der Waals surface area contributed by atoms with Crippen molar-refractivity contribution < 1.29 is 4.79 Å². The van der Waals surface area contributed by atoms with Crippen LogP contribution in [-0.4, -0.2) is 23.9 Å². The molecule has 2 rings (SSSR count). The summed E-state index contributed by atoms with van der Waals surface area (Å²) in [5.41, 5.74) is 1.31. The molecule has 0 radical (unpaired) electrons. The van der Waals surface area contributed by atoms with Crippen LogP contribution in [0, 0.1) is 5.92 Å². The summed E-state index contributed by atoms with van der Waals surface area (Å²) in [7, 11) is 0. The van der Waals surface area contributed by atoms with Crippen LogP contribution in [0.1, 0.15) is 27.2 Å². The summed E-state index contributed by atoms with van der Waals surface area (Å²) >= 11 is 0. The number of carbonyl (C=O) groups is 1. The molecule has 0 fully saturated rings. The van der Waals surface area contributed by atoms with Crippen molar-refractivity contribution in [2.75, 3.05) is 0 Å². The first kappa shape index (κ1) is 13.1. The number of hydrogen-bond acceptors (Lipinski definition) is 3. The molecule has 0 saturated heterocycles. The highest BCUT2D eigenvalue weighted by Gasteiger charge is 2.29. The van der Waals surface area contributed by atoms with Crippen LogP contribution < -0.4 is 10.6 Å². The smallest absolute Gasteiger partial charge is 0.147 e. The van der Waals surface area contributed by atoms with Crippen molar-refractivity contribution in [3.8, 4) is 0 Å². The van der Waals surface area contributed by atoms with Gasteiger partial charge < -0.3 is 10.6 Å². The second kappa shape index (κ2) is 5.53. The topological polar surface area (TPSA) is 41.1 Å². The molecule has 0 aromatic carbocycles. The molecule has 0 aromatic rings. The highest BCUT2D eigenvalue weighted by molar-refractivity contribution is 5.81. The fraction of sp³-hybridized carbons (Fsp3) is 0.533. The maximum absolute atomic E-state index is 11.7. The molecule has 1 aliphatic carbocycles. The van der Waals surface area contributed by atoms with Crippen molar-refractivity contribution in [1.82, 2.24) is 10.6 Å². The first-order valence-corrected chi connectivity index (χ1v) is 6.64. The maximum Gasteiger partial charge on any atom is 0.147 e. The monoisotopic (exact) mass is 246 g/mol. The van der Waals surface area contributed by atoms with E-state index in [0.717, 1.165) is 6.42 Å². The predicted molar refractivity (Wildman–Crippen MR) is 74.1 cm³/mol. The predicted octanol–water partition coefficient (Wildman–Crippen LogP) is 1.93. The summed E-state index contributed by atoms with van der Waals surface area (Å²) in [5, 5.41) is 6.71. The molecule has 98 valence electrons. The van der Waals surface area contributed by atoms with Gasteiger partial charge in [-0.25, -0.2) is 0 Å². The Morgan fingerprint density at radius 2 is 2.11 bits per heavy atom. The fourth-order valence-electron chi connectivity index (χ4n) is 2.57. The lowest BCUT2D eigenvalue weighted by Gasteiger charge is -2.23. The summed E-state index contributed by atoms with van der Waals surface area (Å²) in [6, 6.07) is 0.624. The molecule has 0 spiro atoms. The van der Waals surface area contributed by atoms with Crippen LogP contribution in [-0.2, 0) is 4.79 Å². The van der Waals surface area contributed by atoms with E-state index in [2.05, 4.69) is 55.0 Å². The number of allylic oxidation sites excluding steroid dienone is 2. The number of carbonyl (C=O) groups excluding carboxylic acids is 1. The normalized spacial score (nSPS) is 26.8. The van der Waals surface area contributed by atoms with Gasteiger partial charge in [-0.05, 0) is 25.1 Å². The lowest BCUT2D eigenvalue weighted by molar-refractivity contribution is -0.119. The van der Waals surface area contributed by atoms with Gasteiger partial charge in [0.2, 0.25) is 0 Å². The van der Waals surface area contributed by atoms with Crippen LogP contribution in [0.15, 0.2) is 36.1 Å². The van der Waals surface area contributed by atoms with Gasteiger partial charge in [0.05, 0.1) is 12.1 Å². The molecule has 1 heterocycles. The standard InChI is InChI=1S/C15H22N2O/c1-10(2)17-15(11(3)18)8-12-9-16-14-7-5-4-6-13(12)14/h4-7,9-10,13-17H,8H2,1-3H3. The van der Waals surface area contributed by atoms with E-state index < -0.39 is 0 Å². The average molecular weight is 246 g/mol. The quantitative estimate of drug-likeness (QED) is 0.779. The molecule has 3 nitrogen and oxygen atoms in total. The minimum Gasteiger partial charge on any atom is -0.384 e. The Labute approximate surface area is 109 Å². The van der Waals surface area contributed by atoms with Gasteiger partial charge >= 0.3 is 0 Å². The third-order valence-corrected chi connectivity index (χ3v) is 3.49. The summed E-state index contributed by atoms with van der Waals surface area (Å²) in [5.74, 6) is 0.620. The van der Waals surface area contributed by atoms with E-state index >= 15 is 0 Å². The SMILES string of the molecule is CC(=O)C(CC1=CNC2C=CC=CC12)NC(C)C. The number of Topliss-reactive ketones (excluding diaryl/α,β-unsaturated/α-hetero) is 1. The van der Waals surface area contributed by atoms with E-state index in [4.69, 9.17) is 0 Å². The summed E-state index contributed by atoms with van der Waals surface area (Å²) < 4.78 is 0. The fourth-order valence-corrected chi connectivity index (χ4v) is 2.57. The van der Waals surface area contributed by atoms with E-state index in [9.17, 15) is 4.79 Å². The molecule has 2 N–H and O–H groups in total. The number of ketones is 1. The third-order valence-electron chi connectivity index (χ3n) is 3.49. The molecule has 3 unspecified atom stereocenters. The molecule has 3 atom stereocenters. The Bertz CT molecular complexity index is 407. The third kappa shape index (κ3) is 2.91. The van der Waals surface area contributed by atoms with Crippen molar-refractivity contribution in [3.05, 3.63) is 36.1 Å². The van der Waals surface area contributed by atoms with Crippen molar-refractivity contribution >= 4 is 5.78 Å². The summed E-state index contributed by atoms with van der Waals surface area (Å²) in [4.78, 5) is 11.7. The lowest BCUT2D eigenvalue weighted by atomic mass is 9.87. The van der Waals surface area contributed by atoms with Gasteiger partial charge in [-0.3, -0.25) is 4.79 Å². The minimum absolute atomic E-state index is 0.0730. The second-order valence-electron chi connectivity index (χ2n) is 5.40. The Balaban J connectivity index is 2.02. The van der Waals surface area contributed by atoms with Crippen molar-refractivity contribution in [2.24, 2.45) is 5.92 Å². The molecule has 1 aliphatic heterocycles. The van der Waals surface area contributed by atoms with Gasteiger partial charge in [0, 0.05) is 12.0 Å². The number of hydrogen-bond donors (Lipinski definition) is 2. The Morgan fingerprint density at radius 1 is 1.39 bits per heavy atom. The van der Waals surface area contributed by atoms with Crippen molar-refractivity contribution in [3.63, 3.8) is 0 Å². The molecule has 0 aromatic heterocycles. The van der Waals surface area contributed by atoms with Crippen LogP contribution in [0.3, 0.4) is 0 Å². The minimum atomic E-state index is -0.0730. The number of nitrogens with one attached hydrogen (secondary N) is 2. The van der Waals surface area contributed by atoms with E-state index in [1.54, 1.807) is 6.92 Å². The Hall–Kier alpha value is -1.35. The average Bonchev–Trinajstić information content (AvgIpc) is 2.71. The Morgan fingerprint density at radius 3 is 2.78 bits per heavy atom.